The van der Waals surface area contributed by atoms with E-state index >= 15 is 0 Å². The monoisotopic (exact) mass is 275 g/mol. The Morgan fingerprint density at radius 3 is 2.45 bits per heavy atom. The van der Waals surface area contributed by atoms with Crippen molar-refractivity contribution in [2.45, 2.75) is 45.6 Å². The zero-order valence-electron chi connectivity index (χ0n) is 12.6. The van der Waals surface area contributed by atoms with E-state index < -0.39 is 0 Å². The molecule has 5 heteroatoms. The minimum atomic E-state index is 0.642. The van der Waals surface area contributed by atoms with Gasteiger partial charge in [0.05, 0.1) is 0 Å². The first-order valence-electron chi connectivity index (χ1n) is 7.81. The molecular weight excluding hydrogens is 250 g/mol. The molecule has 1 aliphatic carbocycles. The average molecular weight is 275 g/mol. The highest BCUT2D eigenvalue weighted by atomic mass is 15.3. The molecule has 110 valence electrons. The van der Waals surface area contributed by atoms with Gasteiger partial charge in [-0.2, -0.15) is 0 Å². The number of aromatic nitrogens is 2. The summed E-state index contributed by atoms with van der Waals surface area (Å²) >= 11 is 0. The van der Waals surface area contributed by atoms with Crippen molar-refractivity contribution in [2.24, 2.45) is 0 Å². The predicted octanol–water partition coefficient (Wildman–Crippen LogP) is 1.60. The van der Waals surface area contributed by atoms with Crippen molar-refractivity contribution in [3.63, 3.8) is 0 Å². The van der Waals surface area contributed by atoms with Gasteiger partial charge < -0.3 is 10.6 Å². The van der Waals surface area contributed by atoms with Gasteiger partial charge in [0, 0.05) is 44.2 Å². The molecule has 5 nitrogen and oxygen atoms in total. The van der Waals surface area contributed by atoms with Crippen LogP contribution in [0.5, 0.6) is 0 Å². The highest BCUT2D eigenvalue weighted by molar-refractivity contribution is 5.56. The molecule has 0 radical (unpaired) electrons. The van der Waals surface area contributed by atoms with E-state index in [1.807, 2.05) is 6.92 Å². The highest BCUT2D eigenvalue weighted by Gasteiger charge is 2.31. The summed E-state index contributed by atoms with van der Waals surface area (Å²) in [5, 5.41) is 0. The van der Waals surface area contributed by atoms with Crippen molar-refractivity contribution in [3.8, 4) is 0 Å². The summed E-state index contributed by atoms with van der Waals surface area (Å²) in [5.74, 6) is 2.58. The van der Waals surface area contributed by atoms with Gasteiger partial charge in [-0.1, -0.05) is 6.92 Å². The second-order valence-electron chi connectivity index (χ2n) is 5.98. The van der Waals surface area contributed by atoms with Crippen LogP contribution in [0.1, 0.15) is 37.6 Å². The Balaban J connectivity index is 1.75. The topological polar surface area (TPSA) is 58.3 Å². The van der Waals surface area contributed by atoms with Crippen LogP contribution >= 0.6 is 0 Å². The molecule has 0 aromatic carbocycles. The number of nitrogens with two attached hydrogens (primary N) is 1. The van der Waals surface area contributed by atoms with Crippen molar-refractivity contribution >= 4 is 11.6 Å². The summed E-state index contributed by atoms with van der Waals surface area (Å²) < 4.78 is 0. The van der Waals surface area contributed by atoms with Crippen molar-refractivity contribution in [3.05, 3.63) is 11.4 Å². The van der Waals surface area contributed by atoms with Crippen molar-refractivity contribution in [2.75, 3.05) is 36.8 Å². The Bertz CT molecular complexity index is 475. The van der Waals surface area contributed by atoms with Crippen LogP contribution in [0.4, 0.5) is 11.6 Å². The van der Waals surface area contributed by atoms with E-state index in [0.29, 0.717) is 5.82 Å². The first kappa shape index (κ1) is 13.6. The normalized spacial score (nSPS) is 20.4. The van der Waals surface area contributed by atoms with Gasteiger partial charge in [0.1, 0.15) is 17.5 Å². The molecule has 1 aromatic rings. The van der Waals surface area contributed by atoms with Crippen molar-refractivity contribution < 1.29 is 0 Å². The maximum atomic E-state index is 6.06. The zero-order chi connectivity index (χ0) is 14.1. The number of anilines is 2. The second kappa shape index (κ2) is 5.56. The maximum absolute atomic E-state index is 6.06. The minimum Gasteiger partial charge on any atom is -0.383 e. The van der Waals surface area contributed by atoms with Crippen LogP contribution in [-0.4, -0.2) is 47.1 Å². The number of hydrogen-bond acceptors (Lipinski definition) is 5. The van der Waals surface area contributed by atoms with E-state index in [1.54, 1.807) is 0 Å². The largest absolute Gasteiger partial charge is 0.383 e. The van der Waals surface area contributed by atoms with Gasteiger partial charge >= 0.3 is 0 Å². The summed E-state index contributed by atoms with van der Waals surface area (Å²) in [5.41, 5.74) is 7.09. The number of nitrogen functional groups attached to an aromatic ring is 1. The first-order chi connectivity index (χ1) is 9.69. The van der Waals surface area contributed by atoms with Crippen molar-refractivity contribution in [1.82, 2.24) is 14.9 Å². The van der Waals surface area contributed by atoms with E-state index in [2.05, 4.69) is 21.7 Å². The van der Waals surface area contributed by atoms with Crippen LogP contribution in [0.2, 0.25) is 0 Å². The van der Waals surface area contributed by atoms with Crippen LogP contribution in [0.25, 0.3) is 0 Å². The Labute approximate surface area is 121 Å². The molecule has 2 heterocycles. The number of piperazine rings is 1. The summed E-state index contributed by atoms with van der Waals surface area (Å²) in [7, 11) is 0. The molecule has 0 amide bonds. The van der Waals surface area contributed by atoms with Crippen LogP contribution in [0.15, 0.2) is 0 Å². The van der Waals surface area contributed by atoms with Gasteiger partial charge in [-0.25, -0.2) is 9.97 Å². The Morgan fingerprint density at radius 2 is 1.85 bits per heavy atom. The van der Waals surface area contributed by atoms with Gasteiger partial charge in [0.15, 0.2) is 0 Å². The van der Waals surface area contributed by atoms with E-state index in [9.17, 15) is 0 Å². The molecular formula is C15H25N5. The van der Waals surface area contributed by atoms with E-state index in [1.165, 1.54) is 12.8 Å². The standard InChI is InChI=1S/C15H25N5/c1-3-4-13-17-14(16)11(2)15(18-13)20-9-7-19(8-10-20)12-5-6-12/h12H,3-10H2,1-2H3,(H2,16,17,18). The van der Waals surface area contributed by atoms with Crippen LogP contribution < -0.4 is 10.6 Å². The number of rotatable bonds is 4. The third kappa shape index (κ3) is 2.73. The van der Waals surface area contributed by atoms with Gasteiger partial charge in [-0.3, -0.25) is 4.90 Å². The summed E-state index contributed by atoms with van der Waals surface area (Å²) in [6.07, 6.45) is 4.73. The number of nitrogens with zero attached hydrogens (tertiary/aromatic N) is 4. The maximum Gasteiger partial charge on any atom is 0.137 e. The van der Waals surface area contributed by atoms with Gasteiger partial charge in [0.25, 0.3) is 0 Å². The molecule has 0 unspecified atom stereocenters. The Kier molecular flexibility index (Phi) is 3.78. The molecule has 2 aliphatic rings. The highest BCUT2D eigenvalue weighted by Crippen LogP contribution is 2.29. The molecule has 20 heavy (non-hydrogen) atoms. The summed E-state index contributed by atoms with van der Waals surface area (Å²) in [6.45, 7) is 8.59. The molecule has 3 rings (SSSR count). The molecule has 2 fully saturated rings. The molecule has 0 atom stereocenters. The van der Waals surface area contributed by atoms with E-state index in [4.69, 9.17) is 10.7 Å². The first-order valence-corrected chi connectivity index (χ1v) is 7.81. The average Bonchev–Trinajstić information content (AvgIpc) is 3.28. The molecule has 2 N–H and O–H groups in total. The number of hydrogen-bond donors (Lipinski definition) is 1. The lowest BCUT2D eigenvalue weighted by Crippen LogP contribution is -2.47. The van der Waals surface area contributed by atoms with Crippen LogP contribution in [0, 0.1) is 6.92 Å². The zero-order valence-corrected chi connectivity index (χ0v) is 12.6. The molecule has 0 spiro atoms. The second-order valence-corrected chi connectivity index (χ2v) is 5.98. The van der Waals surface area contributed by atoms with Gasteiger partial charge in [0.2, 0.25) is 0 Å². The van der Waals surface area contributed by atoms with E-state index in [0.717, 1.165) is 62.3 Å². The summed E-state index contributed by atoms with van der Waals surface area (Å²) in [4.78, 5) is 14.1. The minimum absolute atomic E-state index is 0.642. The lowest BCUT2D eigenvalue weighted by molar-refractivity contribution is 0.247. The predicted molar refractivity (Wildman–Crippen MR) is 82.0 cm³/mol. The fraction of sp³-hybridized carbons (Fsp3) is 0.733. The lowest BCUT2D eigenvalue weighted by atomic mass is 10.2. The van der Waals surface area contributed by atoms with Gasteiger partial charge in [-0.15, -0.1) is 0 Å². The summed E-state index contributed by atoms with van der Waals surface area (Å²) in [6, 6.07) is 0.865. The van der Waals surface area contributed by atoms with Gasteiger partial charge in [-0.05, 0) is 26.2 Å². The fourth-order valence-electron chi connectivity index (χ4n) is 2.95. The molecule has 1 saturated carbocycles. The number of aryl methyl sites for hydroxylation is 1. The Hall–Kier alpha value is -1.36. The SMILES string of the molecule is CCCc1nc(N)c(C)c(N2CCN(C3CC3)CC2)n1. The fourth-order valence-corrected chi connectivity index (χ4v) is 2.95. The van der Waals surface area contributed by atoms with E-state index in [-0.39, 0.29) is 0 Å². The lowest BCUT2D eigenvalue weighted by Gasteiger charge is -2.36. The van der Waals surface area contributed by atoms with Crippen LogP contribution in [-0.2, 0) is 6.42 Å². The molecule has 0 bridgehead atoms. The smallest absolute Gasteiger partial charge is 0.137 e. The molecule has 1 aromatic heterocycles. The van der Waals surface area contributed by atoms with Crippen molar-refractivity contribution in [1.29, 1.82) is 0 Å². The third-order valence-corrected chi connectivity index (χ3v) is 4.35. The molecule has 1 aliphatic heterocycles. The van der Waals surface area contributed by atoms with Crippen LogP contribution in [0.3, 0.4) is 0 Å². The molecule has 1 saturated heterocycles. The Morgan fingerprint density at radius 1 is 1.15 bits per heavy atom. The quantitative estimate of drug-likeness (QED) is 0.904. The third-order valence-electron chi connectivity index (χ3n) is 4.35.